The van der Waals surface area contributed by atoms with Gasteiger partial charge in [0.15, 0.2) is 0 Å². The lowest BCUT2D eigenvalue weighted by molar-refractivity contribution is -0.154. The van der Waals surface area contributed by atoms with Gasteiger partial charge in [0.1, 0.15) is 6.04 Å². The number of carbonyl (C=O) groups excluding carboxylic acids is 3. The Kier molecular flexibility index (Phi) is 5.14. The van der Waals surface area contributed by atoms with Crippen LogP contribution >= 0.6 is 0 Å². The van der Waals surface area contributed by atoms with Gasteiger partial charge in [-0.05, 0) is 13.8 Å². The van der Waals surface area contributed by atoms with Gasteiger partial charge < -0.3 is 19.9 Å². The number of carbonyl (C=O) groups is 3. The first-order valence-electron chi connectivity index (χ1n) is 6.27. The zero-order valence-electron chi connectivity index (χ0n) is 11.8. The van der Waals surface area contributed by atoms with Gasteiger partial charge in [0, 0.05) is 26.1 Å². The number of nitrogens with one attached hydrogen (secondary N) is 1. The molecule has 3 amide bonds. The monoisotopic (exact) mass is 271 g/mol. The number of ether oxygens (including phenoxy) is 1. The van der Waals surface area contributed by atoms with Crippen LogP contribution in [-0.4, -0.2) is 66.5 Å². The van der Waals surface area contributed by atoms with E-state index in [-0.39, 0.29) is 24.5 Å². The van der Waals surface area contributed by atoms with E-state index in [1.807, 2.05) is 13.8 Å². The first kappa shape index (κ1) is 15.3. The molecule has 1 aliphatic heterocycles. The molecule has 0 aromatic carbocycles. The molecule has 1 fully saturated rings. The lowest BCUT2D eigenvalue weighted by atomic mass is 10.1. The van der Waals surface area contributed by atoms with Gasteiger partial charge in [0.2, 0.25) is 5.91 Å². The van der Waals surface area contributed by atoms with E-state index in [1.165, 1.54) is 23.8 Å². The Morgan fingerprint density at radius 3 is 2.37 bits per heavy atom. The minimum absolute atomic E-state index is 0.0231. The van der Waals surface area contributed by atoms with Crippen molar-refractivity contribution < 1.29 is 19.1 Å². The quantitative estimate of drug-likeness (QED) is 0.706. The first-order chi connectivity index (χ1) is 8.86. The van der Waals surface area contributed by atoms with Crippen LogP contribution < -0.4 is 5.32 Å². The second-order valence-electron chi connectivity index (χ2n) is 4.80. The Morgan fingerprint density at radius 1 is 1.26 bits per heavy atom. The highest BCUT2D eigenvalue weighted by Gasteiger charge is 2.36. The lowest BCUT2D eigenvalue weighted by Crippen LogP contribution is -2.61. The van der Waals surface area contributed by atoms with Crippen molar-refractivity contribution in [1.82, 2.24) is 15.1 Å². The zero-order chi connectivity index (χ0) is 14.6. The fraction of sp³-hybridized carbons (Fsp3) is 0.750. The summed E-state index contributed by atoms with van der Waals surface area (Å²) in [7, 11) is 1.27. The number of amides is 3. The molecule has 108 valence electrons. The fourth-order valence-electron chi connectivity index (χ4n) is 2.02. The number of methoxy groups -OCH3 is 1. The molecule has 0 saturated carbocycles. The van der Waals surface area contributed by atoms with Crippen molar-refractivity contribution in [2.24, 2.45) is 0 Å². The fourth-order valence-corrected chi connectivity index (χ4v) is 2.02. The van der Waals surface area contributed by atoms with E-state index in [0.717, 1.165) is 0 Å². The molecule has 0 spiro atoms. The van der Waals surface area contributed by atoms with Gasteiger partial charge in [-0.1, -0.05) is 0 Å². The van der Waals surface area contributed by atoms with Crippen molar-refractivity contribution >= 4 is 17.9 Å². The number of urea groups is 1. The maximum atomic E-state index is 11.9. The molecular formula is C12H21N3O4. The topological polar surface area (TPSA) is 79.0 Å². The SMILES string of the molecule is COC(=O)C1CN(C(=O)NC(C)C)CCN1C(C)=O. The van der Waals surface area contributed by atoms with E-state index in [4.69, 9.17) is 0 Å². The summed E-state index contributed by atoms with van der Waals surface area (Å²) in [4.78, 5) is 38.0. The normalized spacial score (nSPS) is 19.3. The number of rotatable bonds is 2. The maximum Gasteiger partial charge on any atom is 0.330 e. The van der Waals surface area contributed by atoms with Crippen molar-refractivity contribution in [2.45, 2.75) is 32.9 Å². The number of esters is 1. The van der Waals surface area contributed by atoms with Gasteiger partial charge in [0.25, 0.3) is 0 Å². The molecule has 0 aromatic rings. The summed E-state index contributed by atoms with van der Waals surface area (Å²) in [5.41, 5.74) is 0. The van der Waals surface area contributed by atoms with Gasteiger partial charge in [-0.3, -0.25) is 4.79 Å². The highest BCUT2D eigenvalue weighted by atomic mass is 16.5. The lowest BCUT2D eigenvalue weighted by Gasteiger charge is -2.39. The Balaban J connectivity index is 2.76. The molecule has 0 aliphatic carbocycles. The largest absolute Gasteiger partial charge is 0.467 e. The number of hydrogen-bond acceptors (Lipinski definition) is 4. The molecule has 0 radical (unpaired) electrons. The van der Waals surface area contributed by atoms with Crippen molar-refractivity contribution in [3.8, 4) is 0 Å². The van der Waals surface area contributed by atoms with Crippen molar-refractivity contribution in [2.75, 3.05) is 26.7 Å². The van der Waals surface area contributed by atoms with Gasteiger partial charge in [-0.25, -0.2) is 9.59 Å². The minimum atomic E-state index is -0.728. The van der Waals surface area contributed by atoms with Crippen LogP contribution in [0.5, 0.6) is 0 Å². The molecule has 1 saturated heterocycles. The molecule has 1 heterocycles. The van der Waals surface area contributed by atoms with E-state index in [2.05, 4.69) is 10.1 Å². The van der Waals surface area contributed by atoms with Gasteiger partial charge >= 0.3 is 12.0 Å². The van der Waals surface area contributed by atoms with Crippen LogP contribution in [0.15, 0.2) is 0 Å². The molecule has 0 aromatic heterocycles. The van der Waals surface area contributed by atoms with E-state index >= 15 is 0 Å². The smallest absolute Gasteiger partial charge is 0.330 e. The molecule has 7 heteroatoms. The van der Waals surface area contributed by atoms with Gasteiger partial charge in [-0.15, -0.1) is 0 Å². The van der Waals surface area contributed by atoms with Crippen LogP contribution in [0.25, 0.3) is 0 Å². The minimum Gasteiger partial charge on any atom is -0.467 e. The Labute approximate surface area is 112 Å². The summed E-state index contributed by atoms with van der Waals surface area (Å²) in [5.74, 6) is -0.698. The van der Waals surface area contributed by atoms with E-state index in [1.54, 1.807) is 0 Å². The molecule has 1 unspecified atom stereocenters. The third-order valence-corrected chi connectivity index (χ3v) is 2.96. The zero-order valence-corrected chi connectivity index (χ0v) is 11.8. The van der Waals surface area contributed by atoms with Crippen LogP contribution in [0.1, 0.15) is 20.8 Å². The summed E-state index contributed by atoms with van der Waals surface area (Å²) in [6.45, 7) is 6.03. The molecule has 1 N–H and O–H groups in total. The number of nitrogens with zero attached hydrogens (tertiary/aromatic N) is 2. The summed E-state index contributed by atoms with van der Waals surface area (Å²) in [6, 6.07) is -0.934. The number of piperazine rings is 1. The molecule has 1 atom stereocenters. The third-order valence-electron chi connectivity index (χ3n) is 2.96. The predicted octanol–water partition coefficient (Wildman–Crippen LogP) is -0.190. The van der Waals surface area contributed by atoms with E-state index in [9.17, 15) is 14.4 Å². The number of hydrogen-bond donors (Lipinski definition) is 1. The molecule has 19 heavy (non-hydrogen) atoms. The third kappa shape index (κ3) is 3.84. The van der Waals surface area contributed by atoms with Gasteiger partial charge in [-0.2, -0.15) is 0 Å². The Morgan fingerprint density at radius 2 is 1.89 bits per heavy atom. The molecule has 0 bridgehead atoms. The van der Waals surface area contributed by atoms with E-state index in [0.29, 0.717) is 13.1 Å². The summed E-state index contributed by atoms with van der Waals surface area (Å²) in [5, 5.41) is 2.77. The first-order valence-corrected chi connectivity index (χ1v) is 6.27. The average Bonchev–Trinajstić information content (AvgIpc) is 2.36. The van der Waals surface area contributed by atoms with Crippen molar-refractivity contribution in [3.63, 3.8) is 0 Å². The standard InChI is InChI=1S/C12H21N3O4/c1-8(2)13-12(18)14-5-6-15(9(3)16)10(7-14)11(17)19-4/h8,10H,5-7H2,1-4H3,(H,13,18). The summed E-state index contributed by atoms with van der Waals surface area (Å²) in [6.07, 6.45) is 0. The molecule has 1 aliphatic rings. The van der Waals surface area contributed by atoms with Gasteiger partial charge in [0.05, 0.1) is 13.7 Å². The molecule has 1 rings (SSSR count). The van der Waals surface area contributed by atoms with Crippen LogP contribution in [-0.2, 0) is 14.3 Å². The Hall–Kier alpha value is -1.79. The maximum absolute atomic E-state index is 11.9. The highest BCUT2D eigenvalue weighted by molar-refractivity contribution is 5.85. The van der Waals surface area contributed by atoms with Crippen LogP contribution in [0.4, 0.5) is 4.79 Å². The predicted molar refractivity (Wildman–Crippen MR) is 68.4 cm³/mol. The molecular weight excluding hydrogens is 250 g/mol. The van der Waals surface area contributed by atoms with E-state index < -0.39 is 12.0 Å². The molecule has 7 nitrogen and oxygen atoms in total. The second-order valence-corrected chi connectivity index (χ2v) is 4.80. The summed E-state index contributed by atoms with van der Waals surface area (Å²) < 4.78 is 4.69. The van der Waals surface area contributed by atoms with Crippen molar-refractivity contribution in [3.05, 3.63) is 0 Å². The average molecular weight is 271 g/mol. The Bertz CT molecular complexity index is 370. The van der Waals surface area contributed by atoms with Crippen molar-refractivity contribution in [1.29, 1.82) is 0 Å². The highest BCUT2D eigenvalue weighted by Crippen LogP contribution is 2.12. The summed E-state index contributed by atoms with van der Waals surface area (Å²) >= 11 is 0. The second kappa shape index (κ2) is 6.40. The van der Waals surface area contributed by atoms with Crippen LogP contribution in [0.3, 0.4) is 0 Å². The van der Waals surface area contributed by atoms with Crippen LogP contribution in [0.2, 0.25) is 0 Å². The van der Waals surface area contributed by atoms with Crippen LogP contribution in [0, 0.1) is 0 Å².